The van der Waals surface area contributed by atoms with E-state index in [1.165, 1.54) is 6.08 Å². The Labute approximate surface area is 155 Å². The van der Waals surface area contributed by atoms with E-state index in [0.717, 1.165) is 0 Å². The lowest BCUT2D eigenvalue weighted by atomic mass is 10.1. The zero-order valence-electron chi connectivity index (χ0n) is 14.4. The Bertz CT molecular complexity index is 961. The standard InChI is InChI=1S/C20H16N2O5/c21-12-14(9-13-1-3-16-18(10-13)26-7-5-24-16)20(23)22-15-2-4-17-19(11-15)27-8-6-25-17/h1-4,9-11H,5-8H2,(H,22,23)/b14-9-. The van der Waals surface area contributed by atoms with Crippen LogP contribution in [0.15, 0.2) is 42.0 Å². The van der Waals surface area contributed by atoms with Crippen molar-refractivity contribution in [1.29, 1.82) is 5.26 Å². The maximum absolute atomic E-state index is 12.5. The number of benzene rings is 2. The summed E-state index contributed by atoms with van der Waals surface area (Å²) in [6.07, 6.45) is 1.51. The van der Waals surface area contributed by atoms with Crippen molar-refractivity contribution >= 4 is 17.7 Å². The molecule has 1 amide bonds. The maximum Gasteiger partial charge on any atom is 0.266 e. The second kappa shape index (κ2) is 7.30. The first-order chi connectivity index (χ1) is 13.2. The number of hydrogen-bond acceptors (Lipinski definition) is 6. The number of carbonyl (C=O) groups excluding carboxylic acids is 1. The van der Waals surface area contributed by atoms with Crippen molar-refractivity contribution in [1.82, 2.24) is 0 Å². The molecule has 4 rings (SSSR count). The summed E-state index contributed by atoms with van der Waals surface area (Å²) in [6, 6.07) is 12.3. The van der Waals surface area contributed by atoms with Crippen LogP contribution in [-0.2, 0) is 4.79 Å². The van der Waals surface area contributed by atoms with E-state index in [-0.39, 0.29) is 5.57 Å². The van der Waals surface area contributed by atoms with Gasteiger partial charge in [-0.3, -0.25) is 4.79 Å². The predicted octanol–water partition coefficient (Wildman–Crippen LogP) is 2.77. The Balaban J connectivity index is 1.53. The van der Waals surface area contributed by atoms with Crippen LogP contribution in [0.1, 0.15) is 5.56 Å². The largest absolute Gasteiger partial charge is 0.486 e. The summed E-state index contributed by atoms with van der Waals surface area (Å²) in [5, 5.41) is 12.1. The van der Waals surface area contributed by atoms with Crippen LogP contribution in [0, 0.1) is 11.3 Å². The highest BCUT2D eigenvalue weighted by atomic mass is 16.6. The van der Waals surface area contributed by atoms with Crippen LogP contribution in [0.5, 0.6) is 23.0 Å². The van der Waals surface area contributed by atoms with Gasteiger partial charge in [0.15, 0.2) is 23.0 Å². The van der Waals surface area contributed by atoms with Gasteiger partial charge in [0.1, 0.15) is 38.1 Å². The van der Waals surface area contributed by atoms with Gasteiger partial charge in [-0.2, -0.15) is 5.26 Å². The van der Waals surface area contributed by atoms with E-state index in [4.69, 9.17) is 18.9 Å². The summed E-state index contributed by atoms with van der Waals surface area (Å²) in [5.41, 5.74) is 1.17. The molecule has 0 unspecified atom stereocenters. The number of fused-ring (bicyclic) bond motifs is 2. The fraction of sp³-hybridized carbons (Fsp3) is 0.200. The topological polar surface area (TPSA) is 89.8 Å². The first-order valence-electron chi connectivity index (χ1n) is 8.45. The van der Waals surface area contributed by atoms with Gasteiger partial charge in [-0.25, -0.2) is 0 Å². The quantitative estimate of drug-likeness (QED) is 0.665. The molecule has 2 aliphatic rings. The number of nitriles is 1. The Morgan fingerprint density at radius 2 is 1.48 bits per heavy atom. The summed E-state index contributed by atoms with van der Waals surface area (Å²) < 4.78 is 21.9. The molecule has 2 aromatic rings. The minimum Gasteiger partial charge on any atom is -0.486 e. The van der Waals surface area contributed by atoms with Gasteiger partial charge in [0.05, 0.1) is 0 Å². The molecule has 2 aliphatic heterocycles. The molecule has 0 aromatic heterocycles. The van der Waals surface area contributed by atoms with E-state index in [1.54, 1.807) is 36.4 Å². The van der Waals surface area contributed by atoms with Gasteiger partial charge in [-0.1, -0.05) is 6.07 Å². The van der Waals surface area contributed by atoms with Crippen LogP contribution in [0.2, 0.25) is 0 Å². The van der Waals surface area contributed by atoms with Crippen LogP contribution in [0.4, 0.5) is 5.69 Å². The monoisotopic (exact) mass is 364 g/mol. The third-order valence-corrected chi connectivity index (χ3v) is 4.04. The third kappa shape index (κ3) is 3.65. The van der Waals surface area contributed by atoms with Gasteiger partial charge in [0, 0.05) is 11.8 Å². The van der Waals surface area contributed by atoms with Crippen LogP contribution in [0.3, 0.4) is 0 Å². The Morgan fingerprint density at radius 1 is 0.889 bits per heavy atom. The molecule has 7 heteroatoms. The highest BCUT2D eigenvalue weighted by molar-refractivity contribution is 6.09. The van der Waals surface area contributed by atoms with Crippen molar-refractivity contribution in [2.75, 3.05) is 31.7 Å². The molecule has 0 saturated carbocycles. The number of hydrogen-bond donors (Lipinski definition) is 1. The average molecular weight is 364 g/mol. The van der Waals surface area contributed by atoms with Crippen molar-refractivity contribution in [2.24, 2.45) is 0 Å². The molecular weight excluding hydrogens is 348 g/mol. The Morgan fingerprint density at radius 3 is 2.15 bits per heavy atom. The number of rotatable bonds is 3. The van der Waals surface area contributed by atoms with Gasteiger partial charge in [0.2, 0.25) is 0 Å². The Kier molecular flexibility index (Phi) is 4.54. The molecule has 0 spiro atoms. The molecule has 0 aliphatic carbocycles. The molecule has 136 valence electrons. The lowest BCUT2D eigenvalue weighted by molar-refractivity contribution is -0.112. The van der Waals surface area contributed by atoms with Crippen molar-refractivity contribution in [3.63, 3.8) is 0 Å². The van der Waals surface area contributed by atoms with Gasteiger partial charge < -0.3 is 24.3 Å². The number of anilines is 1. The molecule has 27 heavy (non-hydrogen) atoms. The Hall–Kier alpha value is -3.66. The first kappa shape index (κ1) is 16.8. The highest BCUT2D eigenvalue weighted by Crippen LogP contribution is 2.33. The van der Waals surface area contributed by atoms with E-state index >= 15 is 0 Å². The lowest BCUT2D eigenvalue weighted by Gasteiger charge is -2.19. The molecule has 0 radical (unpaired) electrons. The zero-order chi connectivity index (χ0) is 18.6. The molecule has 0 bridgehead atoms. The fourth-order valence-electron chi connectivity index (χ4n) is 2.78. The molecule has 0 fully saturated rings. The van der Waals surface area contributed by atoms with E-state index in [2.05, 4.69) is 5.32 Å². The smallest absolute Gasteiger partial charge is 0.266 e. The minimum absolute atomic E-state index is 0.0263. The van der Waals surface area contributed by atoms with E-state index in [9.17, 15) is 10.1 Å². The van der Waals surface area contributed by atoms with Crippen molar-refractivity contribution in [2.45, 2.75) is 0 Å². The van der Waals surface area contributed by atoms with E-state index < -0.39 is 5.91 Å². The molecule has 1 N–H and O–H groups in total. The van der Waals surface area contributed by atoms with Gasteiger partial charge in [-0.15, -0.1) is 0 Å². The second-order valence-corrected chi connectivity index (χ2v) is 5.89. The SMILES string of the molecule is N#C/C(=C/c1ccc2c(c1)OCCO2)C(=O)Nc1ccc2c(c1)OCCO2. The van der Waals surface area contributed by atoms with Crippen molar-refractivity contribution < 1.29 is 23.7 Å². The zero-order valence-corrected chi connectivity index (χ0v) is 14.4. The first-order valence-corrected chi connectivity index (χ1v) is 8.45. The maximum atomic E-state index is 12.5. The lowest BCUT2D eigenvalue weighted by Crippen LogP contribution is -2.17. The third-order valence-electron chi connectivity index (χ3n) is 4.04. The van der Waals surface area contributed by atoms with Crippen LogP contribution < -0.4 is 24.3 Å². The fourth-order valence-corrected chi connectivity index (χ4v) is 2.78. The summed E-state index contributed by atoms with van der Waals surface area (Å²) in [6.45, 7) is 1.92. The van der Waals surface area contributed by atoms with Gasteiger partial charge in [-0.05, 0) is 35.9 Å². The summed E-state index contributed by atoms with van der Waals surface area (Å²) in [4.78, 5) is 12.5. The minimum atomic E-state index is -0.510. The molecular formula is C20H16N2O5. The van der Waals surface area contributed by atoms with Crippen LogP contribution in [0.25, 0.3) is 6.08 Å². The van der Waals surface area contributed by atoms with Crippen LogP contribution in [-0.4, -0.2) is 32.3 Å². The summed E-state index contributed by atoms with van der Waals surface area (Å²) in [5.74, 6) is 1.93. The van der Waals surface area contributed by atoms with Crippen LogP contribution >= 0.6 is 0 Å². The average Bonchev–Trinajstić information content (AvgIpc) is 2.71. The van der Waals surface area contributed by atoms with Crippen molar-refractivity contribution in [3.05, 3.63) is 47.5 Å². The normalized spacial score (nSPS) is 14.9. The molecule has 2 heterocycles. The van der Waals surface area contributed by atoms with E-state index in [1.807, 2.05) is 6.07 Å². The van der Waals surface area contributed by atoms with Gasteiger partial charge >= 0.3 is 0 Å². The van der Waals surface area contributed by atoms with Gasteiger partial charge in [0.25, 0.3) is 5.91 Å². The number of carbonyl (C=O) groups is 1. The highest BCUT2D eigenvalue weighted by Gasteiger charge is 2.16. The van der Waals surface area contributed by atoms with Crippen molar-refractivity contribution in [3.8, 4) is 29.1 Å². The predicted molar refractivity (Wildman–Crippen MR) is 97.1 cm³/mol. The number of nitrogens with zero attached hydrogens (tertiary/aromatic N) is 1. The molecule has 0 saturated heterocycles. The molecule has 0 atom stereocenters. The number of nitrogens with one attached hydrogen (secondary N) is 1. The number of amides is 1. The molecule has 7 nitrogen and oxygen atoms in total. The summed E-state index contributed by atoms with van der Waals surface area (Å²) >= 11 is 0. The van der Waals surface area contributed by atoms with E-state index in [0.29, 0.717) is 60.7 Å². The second-order valence-electron chi connectivity index (χ2n) is 5.89. The molecule has 2 aromatic carbocycles. The number of ether oxygens (including phenoxy) is 4. The summed E-state index contributed by atoms with van der Waals surface area (Å²) in [7, 11) is 0.